The normalized spacial score (nSPS) is 10.2. The van der Waals surface area contributed by atoms with E-state index in [1.165, 1.54) is 31.2 Å². The van der Waals surface area contributed by atoms with Crippen LogP contribution in [0.2, 0.25) is 0 Å². The van der Waals surface area contributed by atoms with Crippen LogP contribution in [0.5, 0.6) is 0 Å². The van der Waals surface area contributed by atoms with Gasteiger partial charge in [0.2, 0.25) is 0 Å². The highest BCUT2D eigenvalue weighted by atomic mass is 16.4. The van der Waals surface area contributed by atoms with Gasteiger partial charge >= 0.3 is 5.97 Å². The first-order valence-corrected chi connectivity index (χ1v) is 8.42. The van der Waals surface area contributed by atoms with Gasteiger partial charge in [0.25, 0.3) is 0 Å². The topological polar surface area (TPSA) is 68.2 Å². The first-order valence-electron chi connectivity index (χ1n) is 8.42. The van der Waals surface area contributed by atoms with Crippen LogP contribution in [0.1, 0.15) is 60.5 Å². The van der Waals surface area contributed by atoms with Crippen LogP contribution in [0.15, 0.2) is 36.7 Å². The summed E-state index contributed by atoms with van der Waals surface area (Å²) in [5.74, 6) is 2.04. The lowest BCUT2D eigenvalue weighted by Gasteiger charge is -2.03. The summed E-state index contributed by atoms with van der Waals surface area (Å²) in [5, 5.41) is 8.98. The van der Waals surface area contributed by atoms with Crippen molar-refractivity contribution in [2.45, 2.75) is 45.4 Å². The van der Waals surface area contributed by atoms with Gasteiger partial charge in [-0.05, 0) is 48.6 Å². The van der Waals surface area contributed by atoms with Crippen LogP contribution < -0.4 is 5.73 Å². The van der Waals surface area contributed by atoms with E-state index in [1.807, 2.05) is 10.8 Å². The highest BCUT2D eigenvalue weighted by Crippen LogP contribution is 2.19. The van der Waals surface area contributed by atoms with Crippen molar-refractivity contribution in [3.63, 3.8) is 0 Å². The van der Waals surface area contributed by atoms with Crippen LogP contribution in [-0.2, 0) is 6.42 Å². The number of nitrogens with two attached hydrogens (primary N) is 1. The van der Waals surface area contributed by atoms with Crippen molar-refractivity contribution in [3.8, 4) is 17.7 Å². The van der Waals surface area contributed by atoms with E-state index in [0.29, 0.717) is 0 Å². The molecule has 0 aliphatic heterocycles. The number of benzene rings is 1. The first kappa shape index (κ1) is 17.7. The number of carboxylic acids is 1. The largest absolute Gasteiger partial charge is 0.478 e. The van der Waals surface area contributed by atoms with Crippen molar-refractivity contribution >= 4 is 5.97 Å². The fourth-order valence-corrected chi connectivity index (χ4v) is 2.73. The Labute approximate surface area is 143 Å². The van der Waals surface area contributed by atoms with E-state index in [0.717, 1.165) is 24.1 Å². The number of aromatic nitrogens is 1. The number of carbonyl (C=O) groups is 1. The van der Waals surface area contributed by atoms with Gasteiger partial charge in [0.05, 0.1) is 5.56 Å². The molecule has 4 nitrogen and oxygen atoms in total. The zero-order valence-corrected chi connectivity index (χ0v) is 14.1. The van der Waals surface area contributed by atoms with Gasteiger partial charge < -0.3 is 15.4 Å². The molecule has 0 radical (unpaired) electrons. The molecular formula is C20H24N2O2. The first-order chi connectivity index (χ1) is 11.7. The van der Waals surface area contributed by atoms with Crippen LogP contribution in [-0.4, -0.2) is 15.6 Å². The maximum Gasteiger partial charge on any atom is 0.335 e. The van der Waals surface area contributed by atoms with Gasteiger partial charge in [0.15, 0.2) is 0 Å². The molecule has 0 aliphatic rings. The van der Waals surface area contributed by atoms with E-state index in [9.17, 15) is 4.79 Å². The molecular weight excluding hydrogens is 300 g/mol. The summed E-state index contributed by atoms with van der Waals surface area (Å²) >= 11 is 0. The van der Waals surface area contributed by atoms with Gasteiger partial charge in [-0.25, -0.2) is 4.79 Å². The Kier molecular flexibility index (Phi) is 6.51. The Morgan fingerprint density at radius 1 is 1.12 bits per heavy atom. The lowest BCUT2D eigenvalue weighted by molar-refractivity contribution is 0.0697. The Hall–Kier alpha value is -2.67. The summed E-state index contributed by atoms with van der Waals surface area (Å²) in [5.41, 5.74) is 8.71. The number of aromatic carboxylic acids is 1. The number of unbranched alkanes of at least 4 members (excludes halogenated alkanes) is 4. The fourth-order valence-electron chi connectivity index (χ4n) is 2.73. The second kappa shape index (κ2) is 8.83. The molecule has 1 heterocycles. The van der Waals surface area contributed by atoms with Gasteiger partial charge in [-0.15, -0.1) is 0 Å². The van der Waals surface area contributed by atoms with Gasteiger partial charge in [0, 0.05) is 29.7 Å². The number of hydrogen-bond acceptors (Lipinski definition) is 2. The molecule has 126 valence electrons. The number of rotatable bonds is 8. The molecule has 0 atom stereocenters. The molecule has 24 heavy (non-hydrogen) atoms. The minimum absolute atomic E-state index is 0.282. The fraction of sp³-hybridized carbons (Fsp3) is 0.350. The summed E-state index contributed by atoms with van der Waals surface area (Å²) in [6, 6.07) is 9.30. The predicted octanol–water partition coefficient (Wildman–Crippen LogP) is 3.96. The third-order valence-corrected chi connectivity index (χ3v) is 4.08. The van der Waals surface area contributed by atoms with Crippen LogP contribution in [0.3, 0.4) is 0 Å². The van der Waals surface area contributed by atoms with Crippen molar-refractivity contribution < 1.29 is 9.90 Å². The molecule has 1 aromatic heterocycles. The summed E-state index contributed by atoms with van der Waals surface area (Å²) in [6.07, 6.45) is 11.2. The second-order valence-corrected chi connectivity index (χ2v) is 5.89. The number of carboxylic acid groups (broad SMARTS) is 1. The third-order valence-electron chi connectivity index (χ3n) is 4.08. The van der Waals surface area contributed by atoms with Crippen LogP contribution in [0.4, 0.5) is 0 Å². The van der Waals surface area contributed by atoms with Gasteiger partial charge in [-0.3, -0.25) is 0 Å². The smallest absolute Gasteiger partial charge is 0.335 e. The van der Waals surface area contributed by atoms with Gasteiger partial charge in [0.1, 0.15) is 0 Å². The van der Waals surface area contributed by atoms with E-state index in [-0.39, 0.29) is 5.56 Å². The number of aryl methyl sites for hydroxylation is 1. The van der Waals surface area contributed by atoms with E-state index in [2.05, 4.69) is 25.1 Å². The molecule has 3 N–H and O–H groups in total. The van der Waals surface area contributed by atoms with Crippen molar-refractivity contribution in [1.29, 1.82) is 0 Å². The zero-order valence-electron chi connectivity index (χ0n) is 14.1. The zero-order chi connectivity index (χ0) is 17.4. The summed E-state index contributed by atoms with van der Waals surface area (Å²) in [7, 11) is 0. The average molecular weight is 324 g/mol. The third kappa shape index (κ3) is 4.66. The molecule has 2 rings (SSSR count). The van der Waals surface area contributed by atoms with E-state index >= 15 is 0 Å². The van der Waals surface area contributed by atoms with Gasteiger partial charge in [-0.2, -0.15) is 0 Å². The van der Waals surface area contributed by atoms with E-state index in [1.54, 1.807) is 24.3 Å². The summed E-state index contributed by atoms with van der Waals surface area (Å²) in [4.78, 5) is 10.9. The molecule has 0 aliphatic carbocycles. The second-order valence-electron chi connectivity index (χ2n) is 5.89. The average Bonchev–Trinajstić information content (AvgIpc) is 2.98. The molecule has 1 aromatic carbocycles. The van der Waals surface area contributed by atoms with Gasteiger partial charge in [-0.1, -0.05) is 32.6 Å². The molecule has 0 saturated heterocycles. The highest BCUT2D eigenvalue weighted by molar-refractivity contribution is 5.87. The van der Waals surface area contributed by atoms with E-state index in [4.69, 9.17) is 10.8 Å². The molecule has 0 saturated carbocycles. The van der Waals surface area contributed by atoms with Crippen molar-refractivity contribution in [2.75, 3.05) is 0 Å². The maximum atomic E-state index is 10.9. The molecule has 0 bridgehead atoms. The maximum absolute atomic E-state index is 10.9. The predicted molar refractivity (Wildman–Crippen MR) is 96.3 cm³/mol. The summed E-state index contributed by atoms with van der Waals surface area (Å²) < 4.78 is 1.98. The van der Waals surface area contributed by atoms with E-state index < -0.39 is 5.97 Å². The Balaban J connectivity index is 2.14. The molecule has 0 amide bonds. The lowest BCUT2D eigenvalue weighted by Crippen LogP contribution is -1.97. The highest BCUT2D eigenvalue weighted by Gasteiger charge is 2.08. The minimum Gasteiger partial charge on any atom is -0.478 e. The SMILES string of the molecule is CCCCCCCc1cn(-c2ccc(C(=O)O)cc2)cc1C#CN. The van der Waals surface area contributed by atoms with Crippen LogP contribution in [0, 0.1) is 12.0 Å². The quantitative estimate of drug-likeness (QED) is 0.439. The Bertz CT molecular complexity index is 733. The molecule has 0 spiro atoms. The van der Waals surface area contributed by atoms with Crippen LogP contribution in [0.25, 0.3) is 5.69 Å². The Morgan fingerprint density at radius 3 is 2.46 bits per heavy atom. The Morgan fingerprint density at radius 2 is 1.83 bits per heavy atom. The standard InChI is InChI=1S/C20H24N2O2/c1-2-3-4-5-6-7-17-14-22(15-18(17)12-13-21)19-10-8-16(9-11-19)20(23)24/h8-11,14-15H,2-7,21H2,1H3,(H,23,24). The monoisotopic (exact) mass is 324 g/mol. The minimum atomic E-state index is -0.920. The molecule has 0 unspecified atom stereocenters. The molecule has 2 aromatic rings. The lowest BCUT2D eigenvalue weighted by atomic mass is 10.1. The van der Waals surface area contributed by atoms with Crippen LogP contribution >= 0.6 is 0 Å². The van der Waals surface area contributed by atoms with Crippen molar-refractivity contribution in [3.05, 3.63) is 53.3 Å². The number of nitrogens with zero attached hydrogens (tertiary/aromatic N) is 1. The molecule has 0 fully saturated rings. The van der Waals surface area contributed by atoms with Crippen molar-refractivity contribution in [1.82, 2.24) is 4.57 Å². The summed E-state index contributed by atoms with van der Waals surface area (Å²) in [6.45, 7) is 2.21. The van der Waals surface area contributed by atoms with Crippen molar-refractivity contribution in [2.24, 2.45) is 5.73 Å². The number of hydrogen-bond donors (Lipinski definition) is 2. The molecule has 4 heteroatoms.